The Balaban J connectivity index is 0.00000208. The van der Waals surface area contributed by atoms with Crippen LogP contribution in [-0.4, -0.2) is 60.9 Å². The molecule has 138 valence electrons. The number of carbonyl (C=O) groups excluding carboxylic acids is 2. The molecule has 0 aromatic heterocycles. The number of hydrogen-bond acceptors (Lipinski definition) is 3. The molecule has 6 heteroatoms. The molecule has 1 aliphatic carbocycles. The Kier molecular flexibility index (Phi) is 7.82. The van der Waals surface area contributed by atoms with Crippen molar-refractivity contribution in [2.45, 2.75) is 51.4 Å². The highest BCUT2D eigenvalue weighted by Crippen LogP contribution is 2.27. The molecule has 1 N–H and O–H groups in total. The van der Waals surface area contributed by atoms with Crippen molar-refractivity contribution >= 4 is 24.2 Å². The summed E-state index contributed by atoms with van der Waals surface area (Å²) in [7, 11) is 0. The first-order valence-electron chi connectivity index (χ1n) is 9.51. The van der Waals surface area contributed by atoms with E-state index in [-0.39, 0.29) is 18.3 Å². The Labute approximate surface area is 151 Å². The third-order valence-corrected chi connectivity index (χ3v) is 5.82. The van der Waals surface area contributed by atoms with Gasteiger partial charge in [-0.25, -0.2) is 0 Å². The summed E-state index contributed by atoms with van der Waals surface area (Å²) in [6, 6.07) is 0. The van der Waals surface area contributed by atoms with Crippen molar-refractivity contribution in [2.24, 2.45) is 11.8 Å². The van der Waals surface area contributed by atoms with Gasteiger partial charge in [0.15, 0.2) is 0 Å². The molecule has 0 aromatic rings. The van der Waals surface area contributed by atoms with Crippen LogP contribution in [0.15, 0.2) is 0 Å². The number of nitrogens with zero attached hydrogens (tertiary/aromatic N) is 2. The summed E-state index contributed by atoms with van der Waals surface area (Å²) in [6.07, 6.45) is 9.00. The maximum atomic E-state index is 12.5. The molecule has 3 fully saturated rings. The normalized spacial score (nSPS) is 23.7. The van der Waals surface area contributed by atoms with E-state index >= 15 is 0 Å². The molecule has 0 atom stereocenters. The summed E-state index contributed by atoms with van der Waals surface area (Å²) in [4.78, 5) is 29.0. The van der Waals surface area contributed by atoms with Gasteiger partial charge in [-0.05, 0) is 44.7 Å². The summed E-state index contributed by atoms with van der Waals surface area (Å²) in [5.74, 6) is 1.42. The fraction of sp³-hybridized carbons (Fsp3) is 0.889. The quantitative estimate of drug-likeness (QED) is 0.841. The summed E-state index contributed by atoms with van der Waals surface area (Å²) in [6.45, 7) is 4.80. The van der Waals surface area contributed by atoms with Gasteiger partial charge in [-0.3, -0.25) is 9.59 Å². The van der Waals surface area contributed by atoms with Gasteiger partial charge in [0, 0.05) is 38.5 Å². The second-order valence-corrected chi connectivity index (χ2v) is 7.44. The number of halogens is 1. The van der Waals surface area contributed by atoms with Gasteiger partial charge >= 0.3 is 0 Å². The molecule has 0 spiro atoms. The van der Waals surface area contributed by atoms with Crippen molar-refractivity contribution < 1.29 is 9.59 Å². The van der Waals surface area contributed by atoms with Crippen molar-refractivity contribution in [1.82, 2.24) is 15.1 Å². The minimum absolute atomic E-state index is 0. The van der Waals surface area contributed by atoms with Crippen LogP contribution >= 0.6 is 12.4 Å². The number of rotatable bonds is 3. The van der Waals surface area contributed by atoms with E-state index in [2.05, 4.69) is 5.32 Å². The predicted octanol–water partition coefficient (Wildman–Crippen LogP) is 2.05. The molecular weight excluding hydrogens is 326 g/mol. The maximum absolute atomic E-state index is 12.5. The van der Waals surface area contributed by atoms with Crippen LogP contribution in [-0.2, 0) is 9.59 Å². The predicted molar refractivity (Wildman–Crippen MR) is 97.2 cm³/mol. The van der Waals surface area contributed by atoms with Crippen LogP contribution in [0.5, 0.6) is 0 Å². The van der Waals surface area contributed by atoms with E-state index < -0.39 is 0 Å². The molecule has 2 saturated heterocycles. The Bertz CT molecular complexity index is 412. The average molecular weight is 358 g/mol. The Morgan fingerprint density at radius 2 is 1.42 bits per heavy atom. The van der Waals surface area contributed by atoms with E-state index in [0.29, 0.717) is 17.7 Å². The number of piperidine rings is 1. The van der Waals surface area contributed by atoms with E-state index in [9.17, 15) is 9.59 Å². The van der Waals surface area contributed by atoms with Crippen LogP contribution in [0.1, 0.15) is 51.4 Å². The molecule has 2 amide bonds. The van der Waals surface area contributed by atoms with Crippen molar-refractivity contribution in [1.29, 1.82) is 0 Å². The van der Waals surface area contributed by atoms with E-state index in [4.69, 9.17) is 0 Å². The van der Waals surface area contributed by atoms with E-state index in [0.717, 1.165) is 58.5 Å². The van der Waals surface area contributed by atoms with Gasteiger partial charge in [0.1, 0.15) is 0 Å². The Hall–Kier alpha value is -0.810. The van der Waals surface area contributed by atoms with Crippen LogP contribution < -0.4 is 5.32 Å². The number of hydrogen-bond donors (Lipinski definition) is 1. The minimum atomic E-state index is 0. The van der Waals surface area contributed by atoms with Gasteiger partial charge in [0.25, 0.3) is 0 Å². The second kappa shape index (κ2) is 9.62. The SMILES string of the molecule is Cl.O=C(CC1CCCCC1)N1CCN(C(=O)C2CCNCC2)CC1. The third-order valence-electron chi connectivity index (χ3n) is 5.82. The van der Waals surface area contributed by atoms with Gasteiger partial charge in [-0.2, -0.15) is 0 Å². The van der Waals surface area contributed by atoms with Gasteiger partial charge < -0.3 is 15.1 Å². The zero-order chi connectivity index (χ0) is 16.1. The maximum Gasteiger partial charge on any atom is 0.225 e. The molecule has 3 rings (SSSR count). The van der Waals surface area contributed by atoms with Gasteiger partial charge in [-0.1, -0.05) is 19.3 Å². The summed E-state index contributed by atoms with van der Waals surface area (Å²) in [5, 5.41) is 3.31. The zero-order valence-electron chi connectivity index (χ0n) is 14.7. The highest BCUT2D eigenvalue weighted by atomic mass is 35.5. The van der Waals surface area contributed by atoms with Crippen LogP contribution in [0.25, 0.3) is 0 Å². The lowest BCUT2D eigenvalue weighted by Gasteiger charge is -2.37. The van der Waals surface area contributed by atoms with Crippen LogP contribution in [0.3, 0.4) is 0 Å². The number of amides is 2. The zero-order valence-corrected chi connectivity index (χ0v) is 15.5. The third kappa shape index (κ3) is 5.09. The van der Waals surface area contributed by atoms with Gasteiger partial charge in [0.2, 0.25) is 11.8 Å². The van der Waals surface area contributed by atoms with E-state index in [1.165, 1.54) is 32.1 Å². The molecule has 0 radical (unpaired) electrons. The standard InChI is InChI=1S/C18H31N3O2.ClH/c22-17(14-15-4-2-1-3-5-15)20-10-12-21(13-11-20)18(23)16-6-8-19-9-7-16;/h15-16,19H,1-14H2;1H. The summed E-state index contributed by atoms with van der Waals surface area (Å²) >= 11 is 0. The van der Waals surface area contributed by atoms with Crippen molar-refractivity contribution in [3.63, 3.8) is 0 Å². The number of piperazine rings is 1. The lowest BCUT2D eigenvalue weighted by Crippen LogP contribution is -2.53. The molecular formula is C18H32ClN3O2. The van der Waals surface area contributed by atoms with E-state index in [1.54, 1.807) is 0 Å². The lowest BCUT2D eigenvalue weighted by molar-refractivity contribution is -0.143. The fourth-order valence-electron chi connectivity index (χ4n) is 4.27. The van der Waals surface area contributed by atoms with Gasteiger partial charge in [0.05, 0.1) is 0 Å². The van der Waals surface area contributed by atoms with E-state index in [1.807, 2.05) is 9.80 Å². The van der Waals surface area contributed by atoms with Crippen molar-refractivity contribution in [2.75, 3.05) is 39.3 Å². The Morgan fingerprint density at radius 1 is 0.833 bits per heavy atom. The largest absolute Gasteiger partial charge is 0.339 e. The molecule has 1 saturated carbocycles. The average Bonchev–Trinajstić information content (AvgIpc) is 2.63. The smallest absolute Gasteiger partial charge is 0.225 e. The first-order valence-corrected chi connectivity index (χ1v) is 9.51. The van der Waals surface area contributed by atoms with Crippen LogP contribution in [0.4, 0.5) is 0 Å². The van der Waals surface area contributed by atoms with Crippen LogP contribution in [0, 0.1) is 11.8 Å². The fourth-order valence-corrected chi connectivity index (χ4v) is 4.27. The highest BCUT2D eigenvalue weighted by molar-refractivity contribution is 5.85. The minimum Gasteiger partial charge on any atom is -0.339 e. The topological polar surface area (TPSA) is 52.7 Å². The summed E-state index contributed by atoms with van der Waals surface area (Å²) < 4.78 is 0. The highest BCUT2D eigenvalue weighted by Gasteiger charge is 2.30. The summed E-state index contributed by atoms with van der Waals surface area (Å²) in [5.41, 5.74) is 0. The molecule has 3 aliphatic rings. The molecule has 0 unspecified atom stereocenters. The molecule has 0 bridgehead atoms. The molecule has 2 aliphatic heterocycles. The number of nitrogens with one attached hydrogen (secondary N) is 1. The second-order valence-electron chi connectivity index (χ2n) is 7.44. The lowest BCUT2D eigenvalue weighted by atomic mass is 9.86. The first kappa shape index (κ1) is 19.5. The first-order chi connectivity index (χ1) is 11.2. The van der Waals surface area contributed by atoms with Crippen LogP contribution in [0.2, 0.25) is 0 Å². The molecule has 2 heterocycles. The molecule has 5 nitrogen and oxygen atoms in total. The molecule has 24 heavy (non-hydrogen) atoms. The van der Waals surface area contributed by atoms with Gasteiger partial charge in [-0.15, -0.1) is 12.4 Å². The number of carbonyl (C=O) groups is 2. The molecule has 0 aromatic carbocycles. The Morgan fingerprint density at radius 3 is 2.04 bits per heavy atom. The van der Waals surface area contributed by atoms with Crippen molar-refractivity contribution in [3.8, 4) is 0 Å². The van der Waals surface area contributed by atoms with Crippen molar-refractivity contribution in [3.05, 3.63) is 0 Å². The monoisotopic (exact) mass is 357 g/mol.